The van der Waals surface area contributed by atoms with Gasteiger partial charge in [-0.3, -0.25) is 4.90 Å². The lowest BCUT2D eigenvalue weighted by Gasteiger charge is -2.31. The number of nitrogens with zero attached hydrogens (tertiary/aromatic N) is 2. The Morgan fingerprint density at radius 3 is 2.50 bits per heavy atom. The highest BCUT2D eigenvalue weighted by Gasteiger charge is 2.13. The zero-order valence-corrected chi connectivity index (χ0v) is 7.42. The Morgan fingerprint density at radius 2 is 2.00 bits per heavy atom. The summed E-state index contributed by atoms with van der Waals surface area (Å²) in [6.07, 6.45) is 0. The van der Waals surface area contributed by atoms with E-state index in [1.807, 2.05) is 0 Å². The number of likely N-dealkylation sites (N-methyl/N-ethyl adjacent to an activating group) is 1. The predicted octanol–water partition coefficient (Wildman–Crippen LogP) is -1.09. The SMILES string of the molecule is CN1CCN(CC(N)=C=O)CC1. The van der Waals surface area contributed by atoms with Gasteiger partial charge in [0.25, 0.3) is 0 Å². The zero-order chi connectivity index (χ0) is 8.97. The molecule has 1 aliphatic rings. The lowest BCUT2D eigenvalue weighted by Crippen LogP contribution is -2.45. The van der Waals surface area contributed by atoms with Gasteiger partial charge >= 0.3 is 0 Å². The fourth-order valence-electron chi connectivity index (χ4n) is 1.28. The normalized spacial score (nSPS) is 20.4. The third-order valence-corrected chi connectivity index (χ3v) is 2.12. The first-order valence-electron chi connectivity index (χ1n) is 4.12. The van der Waals surface area contributed by atoms with Crippen LogP contribution in [-0.4, -0.2) is 55.5 Å². The maximum atomic E-state index is 10.1. The summed E-state index contributed by atoms with van der Waals surface area (Å²) in [4.78, 5) is 14.5. The molecule has 0 aromatic carbocycles. The van der Waals surface area contributed by atoms with Gasteiger partial charge in [-0.15, -0.1) is 0 Å². The fraction of sp³-hybridized carbons (Fsp3) is 0.750. The summed E-state index contributed by atoms with van der Waals surface area (Å²) in [6, 6.07) is 0. The molecule has 2 N–H and O–H groups in total. The van der Waals surface area contributed by atoms with Crippen molar-refractivity contribution >= 4 is 5.94 Å². The van der Waals surface area contributed by atoms with Crippen molar-refractivity contribution in [1.82, 2.24) is 9.80 Å². The third-order valence-electron chi connectivity index (χ3n) is 2.12. The van der Waals surface area contributed by atoms with Gasteiger partial charge < -0.3 is 10.6 Å². The Hall–Kier alpha value is -0.830. The molecule has 0 aliphatic carbocycles. The maximum Gasteiger partial charge on any atom is 0.146 e. The summed E-state index contributed by atoms with van der Waals surface area (Å²) in [5.41, 5.74) is 5.68. The molecule has 0 aromatic rings. The molecule has 1 rings (SSSR count). The van der Waals surface area contributed by atoms with Crippen LogP contribution in [0.3, 0.4) is 0 Å². The van der Waals surface area contributed by atoms with E-state index in [1.165, 1.54) is 0 Å². The van der Waals surface area contributed by atoms with Gasteiger partial charge in [0.2, 0.25) is 0 Å². The van der Waals surface area contributed by atoms with E-state index in [1.54, 1.807) is 5.94 Å². The summed E-state index contributed by atoms with van der Waals surface area (Å²) in [5, 5.41) is 0. The van der Waals surface area contributed by atoms with E-state index in [0.717, 1.165) is 26.2 Å². The van der Waals surface area contributed by atoms with Crippen LogP contribution >= 0.6 is 0 Å². The first kappa shape index (κ1) is 9.26. The van der Waals surface area contributed by atoms with E-state index in [2.05, 4.69) is 16.8 Å². The maximum absolute atomic E-state index is 10.1. The zero-order valence-electron chi connectivity index (χ0n) is 7.42. The van der Waals surface area contributed by atoms with Crippen molar-refractivity contribution in [3.8, 4) is 0 Å². The van der Waals surface area contributed by atoms with Crippen LogP contribution in [0.1, 0.15) is 0 Å². The molecule has 0 spiro atoms. The molecule has 0 aromatic heterocycles. The first-order chi connectivity index (χ1) is 5.72. The van der Waals surface area contributed by atoms with Gasteiger partial charge in [-0.25, -0.2) is 4.79 Å². The molecule has 1 fully saturated rings. The average Bonchev–Trinajstić information content (AvgIpc) is 2.09. The number of carbonyl (C=O) groups excluding carboxylic acids is 1. The molecule has 1 aliphatic heterocycles. The topological polar surface area (TPSA) is 49.6 Å². The number of hydrogen-bond donors (Lipinski definition) is 1. The first-order valence-corrected chi connectivity index (χ1v) is 4.12. The molecule has 1 saturated heterocycles. The van der Waals surface area contributed by atoms with Crippen molar-refractivity contribution in [3.63, 3.8) is 0 Å². The molecule has 0 radical (unpaired) electrons. The predicted molar refractivity (Wildman–Crippen MR) is 47.3 cm³/mol. The van der Waals surface area contributed by atoms with Crippen LogP contribution in [0.25, 0.3) is 0 Å². The molecule has 0 amide bonds. The molecule has 0 atom stereocenters. The van der Waals surface area contributed by atoms with Gasteiger partial charge in [0.15, 0.2) is 0 Å². The monoisotopic (exact) mass is 169 g/mol. The van der Waals surface area contributed by atoms with E-state index < -0.39 is 0 Å². The van der Waals surface area contributed by atoms with E-state index >= 15 is 0 Å². The standard InChI is InChI=1S/C8H15N3O/c1-10-2-4-11(5-3-10)6-8(9)7-12/h2-6,9H2,1H3. The summed E-state index contributed by atoms with van der Waals surface area (Å²) < 4.78 is 0. The molecule has 0 saturated carbocycles. The van der Waals surface area contributed by atoms with Crippen molar-refractivity contribution in [2.45, 2.75) is 0 Å². The smallest absolute Gasteiger partial charge is 0.146 e. The van der Waals surface area contributed by atoms with Crippen molar-refractivity contribution in [3.05, 3.63) is 5.70 Å². The van der Waals surface area contributed by atoms with Crippen molar-refractivity contribution in [2.24, 2.45) is 5.73 Å². The molecule has 0 bridgehead atoms. The van der Waals surface area contributed by atoms with Crippen molar-refractivity contribution < 1.29 is 4.79 Å². The number of hydrogen-bond acceptors (Lipinski definition) is 4. The van der Waals surface area contributed by atoms with Crippen molar-refractivity contribution in [1.29, 1.82) is 0 Å². The Balaban J connectivity index is 2.31. The largest absolute Gasteiger partial charge is 0.392 e. The highest BCUT2D eigenvalue weighted by atomic mass is 16.1. The molecule has 68 valence electrons. The second kappa shape index (κ2) is 4.26. The van der Waals surface area contributed by atoms with E-state index in [0.29, 0.717) is 12.2 Å². The van der Waals surface area contributed by atoms with E-state index in [9.17, 15) is 4.79 Å². The Labute approximate surface area is 72.6 Å². The Bertz CT molecular complexity index is 190. The Kier molecular flexibility index (Phi) is 3.29. The number of nitrogens with two attached hydrogens (primary N) is 1. The lowest BCUT2D eigenvalue weighted by atomic mass is 10.3. The molecule has 12 heavy (non-hydrogen) atoms. The summed E-state index contributed by atoms with van der Waals surface area (Å²) in [5.74, 6) is 1.71. The molecule has 4 heteroatoms. The molecule has 0 unspecified atom stereocenters. The second-order valence-corrected chi connectivity index (χ2v) is 3.21. The summed E-state index contributed by atoms with van der Waals surface area (Å²) in [6.45, 7) is 4.63. The highest BCUT2D eigenvalue weighted by Crippen LogP contribution is 1.99. The van der Waals surface area contributed by atoms with Gasteiger partial charge in [-0.2, -0.15) is 0 Å². The molecular weight excluding hydrogens is 154 g/mol. The van der Waals surface area contributed by atoms with Crippen LogP contribution < -0.4 is 5.73 Å². The molecule has 4 nitrogen and oxygen atoms in total. The molecular formula is C8H15N3O. The Morgan fingerprint density at radius 1 is 1.42 bits per heavy atom. The van der Waals surface area contributed by atoms with E-state index in [4.69, 9.17) is 5.73 Å². The van der Waals surface area contributed by atoms with Crippen LogP contribution in [0.4, 0.5) is 0 Å². The quantitative estimate of drug-likeness (QED) is 0.534. The van der Waals surface area contributed by atoms with Crippen molar-refractivity contribution in [2.75, 3.05) is 39.8 Å². The highest BCUT2D eigenvalue weighted by molar-refractivity contribution is 5.51. The molecule has 1 heterocycles. The number of piperazine rings is 1. The van der Waals surface area contributed by atoms with Crippen LogP contribution in [0.5, 0.6) is 0 Å². The summed E-state index contributed by atoms with van der Waals surface area (Å²) in [7, 11) is 2.09. The minimum absolute atomic E-state index is 0.305. The van der Waals surface area contributed by atoms with Gasteiger partial charge in [-0.1, -0.05) is 0 Å². The minimum atomic E-state index is 0.305. The van der Waals surface area contributed by atoms with E-state index in [-0.39, 0.29) is 0 Å². The second-order valence-electron chi connectivity index (χ2n) is 3.21. The lowest BCUT2D eigenvalue weighted by molar-refractivity contribution is 0.164. The van der Waals surface area contributed by atoms with Gasteiger partial charge in [0, 0.05) is 32.7 Å². The van der Waals surface area contributed by atoms with Crippen LogP contribution in [-0.2, 0) is 4.79 Å². The average molecular weight is 169 g/mol. The third kappa shape index (κ3) is 2.66. The van der Waals surface area contributed by atoms with Crippen LogP contribution in [0.15, 0.2) is 5.70 Å². The minimum Gasteiger partial charge on any atom is -0.392 e. The van der Waals surface area contributed by atoms with Crippen LogP contribution in [0.2, 0.25) is 0 Å². The fourth-order valence-corrected chi connectivity index (χ4v) is 1.28. The summed E-state index contributed by atoms with van der Waals surface area (Å²) >= 11 is 0. The van der Waals surface area contributed by atoms with Crippen LogP contribution in [0, 0.1) is 0 Å². The van der Waals surface area contributed by atoms with Gasteiger partial charge in [0.05, 0.1) is 0 Å². The number of rotatable bonds is 2. The van der Waals surface area contributed by atoms with Gasteiger partial charge in [-0.05, 0) is 7.05 Å². The van der Waals surface area contributed by atoms with Gasteiger partial charge in [0.1, 0.15) is 11.6 Å².